The van der Waals surface area contributed by atoms with Crippen LogP contribution in [0.1, 0.15) is 53.4 Å². The van der Waals surface area contributed by atoms with E-state index >= 15 is 0 Å². The number of hydrogen-bond acceptors (Lipinski definition) is 11. The molecule has 2 heterocycles. The van der Waals surface area contributed by atoms with Gasteiger partial charge < -0.3 is 45.1 Å². The molecule has 1 radical (unpaired) electrons. The summed E-state index contributed by atoms with van der Waals surface area (Å²) in [7, 11) is 4.00. The van der Waals surface area contributed by atoms with Crippen LogP contribution in [0.25, 0.3) is 11.1 Å². The van der Waals surface area contributed by atoms with Crippen LogP contribution in [0, 0.1) is 0 Å². The topological polar surface area (TPSA) is 194 Å². The molecule has 4 unspecified atom stereocenters. The standard InChI is InChI=1S/C13H23N3O4.C9H16N2O2.C2H7O4P.2C2H6.Y/c1-15(7-8-17)9-11-3-4-13(20-11)16(2)6-5-12(19)14-10-18;1-12-7-8-3-4-9(13-8)11-6-2-5-10;1-5-7(3,4)6-2;2*1-2;/h5-6,10-11,13,17H,3-4,7-9H2,1-2H3,(H,14,18,19);2,6,8-10H,3-5,7H2,1H3;1-2H3,(H,3,4);2*1-2H3;/q;-2;;;;/b6-5-;6-2-;;;;. The van der Waals surface area contributed by atoms with Crippen molar-refractivity contribution in [1.29, 1.82) is 0 Å². The Labute approximate surface area is 296 Å². The normalized spacial score (nSPS) is 20.3. The molecule has 0 aliphatic carbocycles. The van der Waals surface area contributed by atoms with Crippen molar-refractivity contribution in [3.05, 3.63) is 35.6 Å². The fourth-order valence-electron chi connectivity index (χ4n) is 3.51. The molecule has 15 nitrogen and oxygen atoms in total. The molecule has 2 saturated heterocycles. The third-order valence-corrected chi connectivity index (χ3v) is 6.50. The van der Waals surface area contributed by atoms with Gasteiger partial charge in [-0.05, 0) is 39.0 Å². The molecule has 4 N–H and O–H groups in total. The van der Waals surface area contributed by atoms with Gasteiger partial charge in [0.15, 0.2) is 0 Å². The van der Waals surface area contributed by atoms with Crippen molar-refractivity contribution in [1.82, 2.24) is 15.1 Å². The molecular formula is C28H58N5O10PY-2. The van der Waals surface area contributed by atoms with Crippen LogP contribution in [0.15, 0.2) is 24.6 Å². The molecule has 0 aromatic carbocycles. The zero-order chi connectivity index (χ0) is 34.4. The van der Waals surface area contributed by atoms with Crippen molar-refractivity contribution in [2.24, 2.45) is 0 Å². The average Bonchev–Trinajstić information content (AvgIpc) is 3.69. The van der Waals surface area contributed by atoms with Gasteiger partial charge in [0.25, 0.3) is 5.91 Å². The van der Waals surface area contributed by atoms with E-state index in [1.165, 1.54) is 6.08 Å². The Kier molecular flexibility index (Phi) is 39.2. The second-order valence-corrected chi connectivity index (χ2v) is 10.4. The van der Waals surface area contributed by atoms with Gasteiger partial charge in [-0.1, -0.05) is 27.7 Å². The maximum atomic E-state index is 11.1. The van der Waals surface area contributed by atoms with Crippen LogP contribution in [0.4, 0.5) is 0 Å². The van der Waals surface area contributed by atoms with E-state index in [2.05, 4.69) is 14.4 Å². The number of imide groups is 1. The van der Waals surface area contributed by atoms with Crippen LogP contribution in [0.2, 0.25) is 0 Å². The number of phosphoric acid groups is 1. The van der Waals surface area contributed by atoms with Crippen molar-refractivity contribution in [2.45, 2.75) is 78.0 Å². The fraction of sp³-hybridized carbons (Fsp3) is 0.786. The average molecular weight is 745 g/mol. The molecule has 2 amide bonds. The molecule has 4 atom stereocenters. The smallest absolute Gasteiger partial charge is 0.471 e. The summed E-state index contributed by atoms with van der Waals surface area (Å²) in [6.07, 6.45) is 10.6. The van der Waals surface area contributed by atoms with Gasteiger partial charge in [0, 0.05) is 86.5 Å². The van der Waals surface area contributed by atoms with E-state index in [0.29, 0.717) is 19.6 Å². The van der Waals surface area contributed by atoms with Crippen LogP contribution in [-0.2, 0) is 70.1 Å². The van der Waals surface area contributed by atoms with Crippen molar-refractivity contribution < 1.29 is 80.1 Å². The van der Waals surface area contributed by atoms with Crippen LogP contribution < -0.4 is 5.32 Å². The molecule has 2 fully saturated rings. The Bertz CT molecular complexity index is 793. The summed E-state index contributed by atoms with van der Waals surface area (Å²) in [5.41, 5.74) is 6.87. The molecular weight excluding hydrogens is 686 g/mol. The number of nitrogens with one attached hydrogen (secondary N) is 2. The Morgan fingerprint density at radius 2 is 1.67 bits per heavy atom. The SMILES string of the molecule is CC.CC.CN(CCO)CC1CCC(N(C)/C=C\C(=O)NC=O)O1.COCC1CCC([N-]/C=C\C[NH-])O1.COP(=O)(O)OC.[Y]. The number of nitrogens with zero attached hydrogens (tertiary/aromatic N) is 3. The Morgan fingerprint density at radius 1 is 1.07 bits per heavy atom. The van der Waals surface area contributed by atoms with Crippen molar-refractivity contribution in [3.63, 3.8) is 0 Å². The molecule has 265 valence electrons. The predicted molar refractivity (Wildman–Crippen MR) is 172 cm³/mol. The zero-order valence-corrected chi connectivity index (χ0v) is 32.3. The summed E-state index contributed by atoms with van der Waals surface area (Å²) in [4.78, 5) is 33.3. The number of amides is 2. The Morgan fingerprint density at radius 3 is 2.16 bits per heavy atom. The number of carbonyl (C=O) groups excluding carboxylic acids is 2. The van der Waals surface area contributed by atoms with Gasteiger partial charge in [-0.3, -0.25) is 24.0 Å². The van der Waals surface area contributed by atoms with E-state index in [4.69, 9.17) is 29.9 Å². The fourth-order valence-corrected chi connectivity index (χ4v) is 3.66. The first-order valence-electron chi connectivity index (χ1n) is 14.7. The summed E-state index contributed by atoms with van der Waals surface area (Å²) >= 11 is 0. The monoisotopic (exact) mass is 744 g/mol. The van der Waals surface area contributed by atoms with E-state index in [9.17, 15) is 14.2 Å². The second kappa shape index (κ2) is 34.5. The first kappa shape index (κ1) is 51.0. The van der Waals surface area contributed by atoms with Gasteiger partial charge >= 0.3 is 7.82 Å². The van der Waals surface area contributed by atoms with Crippen LogP contribution in [-0.4, -0.2) is 125 Å². The number of phosphoric ester groups is 1. The maximum Gasteiger partial charge on any atom is 0.471 e. The van der Waals surface area contributed by atoms with E-state index in [0.717, 1.165) is 46.4 Å². The molecule has 2 aliphatic heterocycles. The largest absolute Gasteiger partial charge is 0.674 e. The third kappa shape index (κ3) is 29.1. The van der Waals surface area contributed by atoms with Gasteiger partial charge in [-0.2, -0.15) is 6.20 Å². The number of methoxy groups -OCH3 is 1. The van der Waals surface area contributed by atoms with E-state index in [-0.39, 0.29) is 70.5 Å². The van der Waals surface area contributed by atoms with Crippen LogP contribution in [0.3, 0.4) is 0 Å². The number of aliphatic hydroxyl groups is 1. The summed E-state index contributed by atoms with van der Waals surface area (Å²) in [5.74, 6) is -0.455. The minimum atomic E-state index is -3.65. The summed E-state index contributed by atoms with van der Waals surface area (Å²) in [6.45, 7) is 10.5. The molecule has 0 bridgehead atoms. The van der Waals surface area contributed by atoms with Crippen LogP contribution >= 0.6 is 7.82 Å². The van der Waals surface area contributed by atoms with E-state index < -0.39 is 13.7 Å². The van der Waals surface area contributed by atoms with Gasteiger partial charge in [0.2, 0.25) is 6.41 Å². The quantitative estimate of drug-likeness (QED) is 0.125. The summed E-state index contributed by atoms with van der Waals surface area (Å²) in [5, 5.41) is 15.1. The first-order valence-corrected chi connectivity index (χ1v) is 16.2. The van der Waals surface area contributed by atoms with Gasteiger partial charge in [-0.25, -0.2) is 4.57 Å². The number of carbonyl (C=O) groups is 2. The zero-order valence-electron chi connectivity index (χ0n) is 28.6. The molecule has 0 spiro atoms. The first-order chi connectivity index (χ1) is 21.0. The Hall–Kier alpha value is -0.806. The van der Waals surface area contributed by atoms with Crippen molar-refractivity contribution in [3.8, 4) is 0 Å². The van der Waals surface area contributed by atoms with Gasteiger partial charge in [0.1, 0.15) is 6.23 Å². The molecule has 45 heavy (non-hydrogen) atoms. The maximum absolute atomic E-state index is 11.1. The predicted octanol–water partition coefficient (Wildman–Crippen LogP) is 3.64. The minimum Gasteiger partial charge on any atom is -0.674 e. The van der Waals surface area contributed by atoms with Crippen molar-refractivity contribution >= 4 is 20.1 Å². The van der Waals surface area contributed by atoms with Gasteiger partial charge in [-0.15, -0.1) is 12.6 Å². The van der Waals surface area contributed by atoms with Gasteiger partial charge in [0.05, 0.1) is 25.4 Å². The summed E-state index contributed by atoms with van der Waals surface area (Å²) in [6, 6.07) is 0. The third-order valence-electron chi connectivity index (χ3n) is 5.57. The Balaban J connectivity index is -0.000000289. The van der Waals surface area contributed by atoms with Crippen molar-refractivity contribution in [2.75, 3.05) is 68.3 Å². The molecule has 2 rings (SSSR count). The second-order valence-electron chi connectivity index (χ2n) is 8.70. The number of likely N-dealkylation sites (N-methyl/N-ethyl adjacent to an activating group) is 1. The molecule has 0 saturated carbocycles. The number of hydrogen-bond donors (Lipinski definition) is 3. The van der Waals surface area contributed by atoms with E-state index in [1.807, 2.05) is 56.9 Å². The minimum absolute atomic E-state index is 0. The molecule has 0 aromatic rings. The number of rotatable bonds is 15. The number of ether oxygens (including phenoxy) is 3. The van der Waals surface area contributed by atoms with Crippen LogP contribution in [0.5, 0.6) is 0 Å². The number of aliphatic hydroxyl groups excluding tert-OH is 1. The molecule has 2 aliphatic rings. The van der Waals surface area contributed by atoms with E-state index in [1.54, 1.807) is 25.6 Å². The molecule has 0 aromatic heterocycles. The summed E-state index contributed by atoms with van der Waals surface area (Å²) < 4.78 is 34.4. The molecule has 17 heteroatoms.